The normalized spacial score (nSPS) is 20.1. The van der Waals surface area contributed by atoms with E-state index in [4.69, 9.17) is 4.74 Å². The third-order valence-corrected chi connectivity index (χ3v) is 4.51. The average molecular weight is 274 g/mol. The molecule has 0 aliphatic carbocycles. The van der Waals surface area contributed by atoms with E-state index in [-0.39, 0.29) is 0 Å². The van der Waals surface area contributed by atoms with Gasteiger partial charge in [-0.3, -0.25) is 4.90 Å². The van der Waals surface area contributed by atoms with Crippen LogP contribution in [0.2, 0.25) is 0 Å². The van der Waals surface area contributed by atoms with Crippen molar-refractivity contribution in [3.05, 3.63) is 29.3 Å². The number of rotatable bonds is 5. The predicted molar refractivity (Wildman–Crippen MR) is 82.3 cm³/mol. The minimum absolute atomic E-state index is 0.751. The molecule has 3 nitrogen and oxygen atoms in total. The molecule has 0 saturated carbocycles. The highest BCUT2D eigenvalue weighted by Gasteiger charge is 2.18. The lowest BCUT2D eigenvalue weighted by atomic mass is 9.99. The molecule has 0 radical (unpaired) electrons. The lowest BCUT2D eigenvalue weighted by Gasteiger charge is -2.30. The summed E-state index contributed by atoms with van der Waals surface area (Å²) in [4.78, 5) is 5.20. The Morgan fingerprint density at radius 3 is 2.60 bits per heavy atom. The van der Waals surface area contributed by atoms with E-state index in [1.165, 1.54) is 56.7 Å². The molecule has 0 atom stereocenters. The molecule has 1 saturated heterocycles. The van der Waals surface area contributed by atoms with Crippen molar-refractivity contribution in [3.63, 3.8) is 0 Å². The SMILES string of the molecule is CCOc1ccc2c(c1)CCN(CCN1CCCC1)C2. The summed E-state index contributed by atoms with van der Waals surface area (Å²) in [5.74, 6) is 1.02. The van der Waals surface area contributed by atoms with Crippen LogP contribution in [0.3, 0.4) is 0 Å². The van der Waals surface area contributed by atoms with E-state index in [1.54, 1.807) is 0 Å². The molecule has 1 aromatic carbocycles. The van der Waals surface area contributed by atoms with E-state index in [1.807, 2.05) is 6.92 Å². The molecule has 2 aliphatic heterocycles. The summed E-state index contributed by atoms with van der Waals surface area (Å²) in [6.07, 6.45) is 3.95. The van der Waals surface area contributed by atoms with Crippen molar-refractivity contribution in [1.29, 1.82) is 0 Å². The van der Waals surface area contributed by atoms with Gasteiger partial charge in [0.15, 0.2) is 0 Å². The molecule has 110 valence electrons. The third-order valence-electron chi connectivity index (χ3n) is 4.51. The number of likely N-dealkylation sites (tertiary alicyclic amines) is 1. The maximum Gasteiger partial charge on any atom is 0.119 e. The minimum atomic E-state index is 0.751. The summed E-state index contributed by atoms with van der Waals surface area (Å²) in [5, 5.41) is 0. The lowest BCUT2D eigenvalue weighted by molar-refractivity contribution is 0.211. The zero-order chi connectivity index (χ0) is 13.8. The zero-order valence-corrected chi connectivity index (χ0v) is 12.6. The fourth-order valence-electron chi connectivity index (χ4n) is 3.32. The van der Waals surface area contributed by atoms with Gasteiger partial charge in [0.25, 0.3) is 0 Å². The van der Waals surface area contributed by atoms with Gasteiger partial charge in [0.2, 0.25) is 0 Å². The van der Waals surface area contributed by atoms with E-state index in [2.05, 4.69) is 28.0 Å². The molecule has 20 heavy (non-hydrogen) atoms. The Morgan fingerprint density at radius 1 is 1.00 bits per heavy atom. The van der Waals surface area contributed by atoms with Crippen LogP contribution in [0.4, 0.5) is 0 Å². The van der Waals surface area contributed by atoms with Gasteiger partial charge in [-0.2, -0.15) is 0 Å². The highest BCUT2D eigenvalue weighted by Crippen LogP contribution is 2.24. The van der Waals surface area contributed by atoms with Gasteiger partial charge >= 0.3 is 0 Å². The summed E-state index contributed by atoms with van der Waals surface area (Å²) in [5.41, 5.74) is 2.97. The van der Waals surface area contributed by atoms with Gasteiger partial charge < -0.3 is 9.64 Å². The van der Waals surface area contributed by atoms with Crippen LogP contribution < -0.4 is 4.74 Å². The molecule has 0 aromatic heterocycles. The first kappa shape index (κ1) is 13.9. The number of hydrogen-bond donors (Lipinski definition) is 0. The van der Waals surface area contributed by atoms with E-state index < -0.39 is 0 Å². The number of fused-ring (bicyclic) bond motifs is 1. The topological polar surface area (TPSA) is 15.7 Å². The van der Waals surface area contributed by atoms with Gasteiger partial charge in [-0.1, -0.05) is 6.07 Å². The van der Waals surface area contributed by atoms with Gasteiger partial charge in [0.05, 0.1) is 6.61 Å². The molecule has 0 unspecified atom stereocenters. The highest BCUT2D eigenvalue weighted by molar-refractivity contribution is 5.37. The monoisotopic (exact) mass is 274 g/mol. The van der Waals surface area contributed by atoms with Crippen LogP contribution >= 0.6 is 0 Å². The first-order valence-electron chi connectivity index (χ1n) is 8.04. The number of nitrogens with zero attached hydrogens (tertiary/aromatic N) is 2. The van der Waals surface area contributed by atoms with E-state index in [9.17, 15) is 0 Å². The molecule has 0 N–H and O–H groups in total. The Morgan fingerprint density at radius 2 is 1.80 bits per heavy atom. The maximum absolute atomic E-state index is 5.59. The largest absolute Gasteiger partial charge is 0.494 e. The molecule has 2 aliphatic rings. The standard InChI is InChI=1S/C17H26N2O/c1-2-20-17-6-5-16-14-19(10-7-15(16)13-17)12-11-18-8-3-4-9-18/h5-6,13H,2-4,7-12,14H2,1H3. The Kier molecular flexibility index (Phi) is 4.58. The number of benzene rings is 1. The van der Waals surface area contributed by atoms with Crippen molar-refractivity contribution in [2.45, 2.75) is 32.7 Å². The fourth-order valence-corrected chi connectivity index (χ4v) is 3.32. The summed E-state index contributed by atoms with van der Waals surface area (Å²) in [6.45, 7) is 10.2. The Bertz CT molecular complexity index is 441. The summed E-state index contributed by atoms with van der Waals surface area (Å²) in [7, 11) is 0. The second kappa shape index (κ2) is 6.59. The van der Waals surface area contributed by atoms with E-state index in [0.717, 1.165) is 25.3 Å². The summed E-state index contributed by atoms with van der Waals surface area (Å²) in [6, 6.07) is 6.60. The molecule has 3 rings (SSSR count). The molecular weight excluding hydrogens is 248 g/mol. The highest BCUT2D eigenvalue weighted by atomic mass is 16.5. The van der Waals surface area contributed by atoms with Crippen LogP contribution in [0.1, 0.15) is 30.9 Å². The third kappa shape index (κ3) is 3.33. The van der Waals surface area contributed by atoms with Gasteiger partial charge in [0, 0.05) is 26.2 Å². The first-order chi connectivity index (χ1) is 9.85. The van der Waals surface area contributed by atoms with Gasteiger partial charge in [-0.05, 0) is 62.5 Å². The second-order valence-electron chi connectivity index (χ2n) is 5.94. The Labute approximate surface area is 122 Å². The van der Waals surface area contributed by atoms with Crippen molar-refractivity contribution in [2.75, 3.05) is 39.3 Å². The quantitative estimate of drug-likeness (QED) is 0.820. The maximum atomic E-state index is 5.59. The molecule has 1 aromatic rings. The lowest BCUT2D eigenvalue weighted by Crippen LogP contribution is -2.37. The van der Waals surface area contributed by atoms with Crippen molar-refractivity contribution in [3.8, 4) is 5.75 Å². The molecule has 0 spiro atoms. The summed E-state index contributed by atoms with van der Waals surface area (Å²) >= 11 is 0. The Balaban J connectivity index is 1.54. The second-order valence-corrected chi connectivity index (χ2v) is 5.94. The van der Waals surface area contributed by atoms with Crippen molar-refractivity contribution in [1.82, 2.24) is 9.80 Å². The van der Waals surface area contributed by atoms with Gasteiger partial charge in [-0.25, -0.2) is 0 Å². The fraction of sp³-hybridized carbons (Fsp3) is 0.647. The smallest absolute Gasteiger partial charge is 0.119 e. The number of hydrogen-bond acceptors (Lipinski definition) is 3. The predicted octanol–water partition coefficient (Wildman–Crippen LogP) is 2.54. The van der Waals surface area contributed by atoms with Crippen molar-refractivity contribution in [2.24, 2.45) is 0 Å². The van der Waals surface area contributed by atoms with Gasteiger partial charge in [0.1, 0.15) is 5.75 Å². The van der Waals surface area contributed by atoms with Crippen LogP contribution in [0, 0.1) is 0 Å². The van der Waals surface area contributed by atoms with Crippen LogP contribution in [-0.4, -0.2) is 49.1 Å². The molecule has 2 heterocycles. The molecule has 1 fully saturated rings. The molecule has 0 bridgehead atoms. The molecular formula is C17H26N2O. The average Bonchev–Trinajstić information content (AvgIpc) is 2.99. The van der Waals surface area contributed by atoms with E-state index in [0.29, 0.717) is 0 Å². The van der Waals surface area contributed by atoms with Crippen molar-refractivity contribution >= 4 is 0 Å². The number of ether oxygens (including phenoxy) is 1. The van der Waals surface area contributed by atoms with Crippen LogP contribution in [0.15, 0.2) is 18.2 Å². The summed E-state index contributed by atoms with van der Waals surface area (Å²) < 4.78 is 5.59. The Hall–Kier alpha value is -1.06. The van der Waals surface area contributed by atoms with Gasteiger partial charge in [-0.15, -0.1) is 0 Å². The van der Waals surface area contributed by atoms with Crippen molar-refractivity contribution < 1.29 is 4.74 Å². The first-order valence-corrected chi connectivity index (χ1v) is 8.04. The molecule has 3 heteroatoms. The molecule has 0 amide bonds. The van der Waals surface area contributed by atoms with Crippen LogP contribution in [0.5, 0.6) is 5.75 Å². The van der Waals surface area contributed by atoms with E-state index >= 15 is 0 Å². The van der Waals surface area contributed by atoms with Crippen LogP contribution in [-0.2, 0) is 13.0 Å². The van der Waals surface area contributed by atoms with Crippen LogP contribution in [0.25, 0.3) is 0 Å². The minimum Gasteiger partial charge on any atom is -0.494 e. The zero-order valence-electron chi connectivity index (χ0n) is 12.6.